The van der Waals surface area contributed by atoms with Crippen LogP contribution >= 0.6 is 0 Å². The van der Waals surface area contributed by atoms with Gasteiger partial charge < -0.3 is 35.0 Å². The lowest BCUT2D eigenvalue weighted by Gasteiger charge is -2.40. The molecule has 0 radical (unpaired) electrons. The van der Waals surface area contributed by atoms with Crippen LogP contribution < -0.4 is 4.74 Å². The van der Waals surface area contributed by atoms with Gasteiger partial charge in [-0.2, -0.15) is 0 Å². The minimum absolute atomic E-state index is 0.0633. The Bertz CT molecular complexity index is 898. The third kappa shape index (κ3) is 4.98. The smallest absolute Gasteiger partial charge is 0.119 e. The van der Waals surface area contributed by atoms with Crippen molar-refractivity contribution in [1.29, 1.82) is 0 Å². The minimum Gasteiger partial charge on any atom is -0.490 e. The van der Waals surface area contributed by atoms with Crippen molar-refractivity contribution in [3.63, 3.8) is 0 Å². The molecule has 0 aromatic heterocycles. The highest BCUT2D eigenvalue weighted by atomic mass is 16.5. The van der Waals surface area contributed by atoms with Gasteiger partial charge in [0.05, 0.1) is 12.7 Å². The molecule has 2 aromatic rings. The number of benzene rings is 2. The number of aryl methyl sites for hydroxylation is 1. The standard InChI is InChI=1S/C25H32O7/c1-14-2-5-16(25-24(30)23(29)22(28)21(13-26)32-25)11-17(14)10-15-3-7-19(8-4-15)31-20-9-6-18(27)12-20/h2-5,7-8,11,18,20-30H,6,9-10,12-13H2,1H3/t18?,20-,21-,22-,23+,24-,25+/m1/s1. The number of aliphatic hydroxyl groups excluding tert-OH is 5. The molecule has 7 heteroatoms. The van der Waals surface area contributed by atoms with E-state index in [2.05, 4.69) is 0 Å². The molecule has 5 N–H and O–H groups in total. The summed E-state index contributed by atoms with van der Waals surface area (Å²) in [5, 5.41) is 49.7. The van der Waals surface area contributed by atoms with Crippen LogP contribution in [0.2, 0.25) is 0 Å². The molecule has 7 nitrogen and oxygen atoms in total. The van der Waals surface area contributed by atoms with E-state index in [0.29, 0.717) is 18.4 Å². The predicted molar refractivity (Wildman–Crippen MR) is 117 cm³/mol. The van der Waals surface area contributed by atoms with Crippen molar-refractivity contribution in [2.75, 3.05) is 6.61 Å². The SMILES string of the molecule is Cc1ccc([C@@H]2O[C@H](CO)[C@@H](O)[C@H](O)[C@H]2O)cc1Cc1ccc(O[C@@H]2CCC(O)C2)cc1. The summed E-state index contributed by atoms with van der Waals surface area (Å²) in [7, 11) is 0. The third-order valence-corrected chi connectivity index (χ3v) is 6.57. The maximum Gasteiger partial charge on any atom is 0.119 e. The molecule has 32 heavy (non-hydrogen) atoms. The van der Waals surface area contributed by atoms with E-state index in [0.717, 1.165) is 35.3 Å². The fraction of sp³-hybridized carbons (Fsp3) is 0.520. The van der Waals surface area contributed by atoms with E-state index in [4.69, 9.17) is 9.47 Å². The zero-order chi connectivity index (χ0) is 22.8. The van der Waals surface area contributed by atoms with Gasteiger partial charge in [0.2, 0.25) is 0 Å². The van der Waals surface area contributed by atoms with Gasteiger partial charge in [-0.25, -0.2) is 0 Å². The van der Waals surface area contributed by atoms with Crippen molar-refractivity contribution in [2.45, 2.75) is 75.3 Å². The Morgan fingerprint density at radius 2 is 1.69 bits per heavy atom. The van der Waals surface area contributed by atoms with Crippen LogP contribution in [0.4, 0.5) is 0 Å². The van der Waals surface area contributed by atoms with Gasteiger partial charge in [0.25, 0.3) is 0 Å². The van der Waals surface area contributed by atoms with Crippen molar-refractivity contribution in [1.82, 2.24) is 0 Å². The Kier molecular flexibility index (Phi) is 7.14. The molecule has 174 valence electrons. The molecule has 4 rings (SSSR count). The van der Waals surface area contributed by atoms with Crippen molar-refractivity contribution in [3.8, 4) is 5.75 Å². The van der Waals surface area contributed by atoms with Crippen LogP contribution in [0.3, 0.4) is 0 Å². The number of rotatable bonds is 6. The predicted octanol–water partition coefficient (Wildman–Crippen LogP) is 1.39. The molecule has 2 aromatic carbocycles. The first-order valence-corrected chi connectivity index (χ1v) is 11.2. The van der Waals surface area contributed by atoms with E-state index in [-0.39, 0.29) is 12.2 Å². The number of ether oxygens (including phenoxy) is 2. The summed E-state index contributed by atoms with van der Waals surface area (Å²) < 4.78 is 11.7. The average molecular weight is 445 g/mol. The quantitative estimate of drug-likeness (QED) is 0.457. The van der Waals surface area contributed by atoms with Crippen LogP contribution in [0.1, 0.15) is 47.6 Å². The monoisotopic (exact) mass is 444 g/mol. The molecular formula is C25H32O7. The molecule has 1 saturated carbocycles. The fourth-order valence-corrected chi connectivity index (χ4v) is 4.56. The Labute approximate surface area is 187 Å². The first-order chi connectivity index (χ1) is 15.4. The van der Waals surface area contributed by atoms with Crippen molar-refractivity contribution in [3.05, 3.63) is 64.7 Å². The van der Waals surface area contributed by atoms with Crippen molar-refractivity contribution >= 4 is 0 Å². The fourth-order valence-electron chi connectivity index (χ4n) is 4.56. The molecule has 0 amide bonds. The summed E-state index contributed by atoms with van der Waals surface area (Å²) in [6.07, 6.45) is -3.06. The summed E-state index contributed by atoms with van der Waals surface area (Å²) in [4.78, 5) is 0. The van der Waals surface area contributed by atoms with Crippen LogP contribution in [-0.2, 0) is 11.2 Å². The highest BCUT2D eigenvalue weighted by Gasteiger charge is 2.44. The molecule has 1 heterocycles. The largest absolute Gasteiger partial charge is 0.490 e. The summed E-state index contributed by atoms with van der Waals surface area (Å²) >= 11 is 0. The molecule has 1 unspecified atom stereocenters. The Hall–Kier alpha value is -2.00. The average Bonchev–Trinajstić information content (AvgIpc) is 3.20. The highest BCUT2D eigenvalue weighted by Crippen LogP contribution is 2.33. The van der Waals surface area contributed by atoms with Crippen molar-refractivity contribution < 1.29 is 35.0 Å². The summed E-state index contributed by atoms with van der Waals surface area (Å²) in [6, 6.07) is 13.6. The number of aliphatic hydroxyl groups is 5. The Morgan fingerprint density at radius 1 is 0.938 bits per heavy atom. The van der Waals surface area contributed by atoms with Gasteiger partial charge >= 0.3 is 0 Å². The van der Waals surface area contributed by atoms with Crippen molar-refractivity contribution in [2.24, 2.45) is 0 Å². The zero-order valence-corrected chi connectivity index (χ0v) is 18.2. The van der Waals surface area contributed by atoms with E-state index >= 15 is 0 Å². The van der Waals surface area contributed by atoms with Crippen LogP contribution in [0.15, 0.2) is 42.5 Å². The molecule has 2 aliphatic rings. The van der Waals surface area contributed by atoms with Gasteiger partial charge in [-0.3, -0.25) is 0 Å². The first-order valence-electron chi connectivity index (χ1n) is 11.2. The summed E-state index contributed by atoms with van der Waals surface area (Å²) in [5.74, 6) is 0.791. The first kappa shape index (κ1) is 23.2. The maximum absolute atomic E-state index is 10.4. The molecule has 7 atom stereocenters. The van der Waals surface area contributed by atoms with E-state index in [1.807, 2.05) is 49.4 Å². The lowest BCUT2D eigenvalue weighted by Crippen LogP contribution is -2.55. The number of hydrogen-bond donors (Lipinski definition) is 5. The molecule has 1 aliphatic heterocycles. The zero-order valence-electron chi connectivity index (χ0n) is 18.2. The Balaban J connectivity index is 1.47. The third-order valence-electron chi connectivity index (χ3n) is 6.57. The van der Waals surface area contributed by atoms with E-state index in [1.165, 1.54) is 0 Å². The second kappa shape index (κ2) is 9.87. The van der Waals surface area contributed by atoms with Gasteiger partial charge in [-0.05, 0) is 60.6 Å². The van der Waals surface area contributed by atoms with Gasteiger partial charge in [0.1, 0.15) is 42.4 Å². The molecular weight excluding hydrogens is 412 g/mol. The lowest BCUT2D eigenvalue weighted by molar-refractivity contribution is -0.231. The highest BCUT2D eigenvalue weighted by molar-refractivity contribution is 5.38. The second-order valence-electron chi connectivity index (χ2n) is 8.96. The van der Waals surface area contributed by atoms with E-state index in [9.17, 15) is 25.5 Å². The molecule has 0 bridgehead atoms. The number of hydrogen-bond acceptors (Lipinski definition) is 7. The van der Waals surface area contributed by atoms with Gasteiger partial charge in [0.15, 0.2) is 0 Å². The minimum atomic E-state index is -1.40. The Morgan fingerprint density at radius 3 is 2.34 bits per heavy atom. The molecule has 1 aliphatic carbocycles. The maximum atomic E-state index is 10.4. The molecule has 0 spiro atoms. The van der Waals surface area contributed by atoms with E-state index in [1.54, 1.807) is 0 Å². The van der Waals surface area contributed by atoms with Crippen LogP contribution in [0.25, 0.3) is 0 Å². The summed E-state index contributed by atoms with van der Waals surface area (Å²) in [6.45, 7) is 1.56. The topological polar surface area (TPSA) is 120 Å². The summed E-state index contributed by atoms with van der Waals surface area (Å²) in [5.41, 5.74) is 3.91. The normalized spacial score (nSPS) is 32.8. The second-order valence-corrected chi connectivity index (χ2v) is 8.96. The van der Waals surface area contributed by atoms with Crippen LogP contribution in [0, 0.1) is 6.92 Å². The molecule has 1 saturated heterocycles. The van der Waals surface area contributed by atoms with Crippen LogP contribution in [-0.4, -0.2) is 68.8 Å². The van der Waals surface area contributed by atoms with Gasteiger partial charge in [-0.15, -0.1) is 0 Å². The van der Waals surface area contributed by atoms with Gasteiger partial charge in [0, 0.05) is 6.42 Å². The van der Waals surface area contributed by atoms with Gasteiger partial charge in [-0.1, -0.05) is 30.3 Å². The van der Waals surface area contributed by atoms with Crippen LogP contribution in [0.5, 0.6) is 5.75 Å². The lowest BCUT2D eigenvalue weighted by atomic mass is 9.89. The van der Waals surface area contributed by atoms with E-state index < -0.39 is 37.1 Å². The molecule has 2 fully saturated rings.